The van der Waals surface area contributed by atoms with Crippen molar-refractivity contribution in [2.24, 2.45) is 0 Å². The number of nitriles is 2. The van der Waals surface area contributed by atoms with Crippen molar-refractivity contribution in [3.63, 3.8) is 0 Å². The molecule has 3 N–H and O–H groups in total. The van der Waals surface area contributed by atoms with Gasteiger partial charge < -0.3 is 10.7 Å². The Morgan fingerprint density at radius 3 is 2.21 bits per heavy atom. The highest BCUT2D eigenvalue weighted by atomic mass is 16.6. The lowest BCUT2D eigenvalue weighted by atomic mass is 9.92. The Balaban J connectivity index is 2.42. The summed E-state index contributed by atoms with van der Waals surface area (Å²) >= 11 is 0. The van der Waals surface area contributed by atoms with Gasteiger partial charge in [-0.1, -0.05) is 29.8 Å². The van der Waals surface area contributed by atoms with E-state index in [1.807, 2.05) is 37.3 Å². The molecule has 0 atom stereocenters. The largest absolute Gasteiger partial charge is 0.384 e. The second-order valence-electron chi connectivity index (χ2n) is 6.07. The number of pyridine rings is 1. The maximum Gasteiger partial charge on any atom is 0.277 e. The minimum absolute atomic E-state index is 0.0195. The van der Waals surface area contributed by atoms with E-state index in [1.54, 1.807) is 12.1 Å². The Labute approximate surface area is 159 Å². The average Bonchev–Trinajstić information content (AvgIpc) is 2.67. The number of benzene rings is 2. The van der Waals surface area contributed by atoms with Crippen LogP contribution in [0.15, 0.2) is 47.3 Å². The van der Waals surface area contributed by atoms with Crippen LogP contribution in [0, 0.1) is 39.7 Å². The Morgan fingerprint density at radius 2 is 1.64 bits per heavy atom. The zero-order valence-corrected chi connectivity index (χ0v) is 14.7. The molecule has 0 fully saturated rings. The lowest BCUT2D eigenvalue weighted by Gasteiger charge is -2.11. The van der Waals surface area contributed by atoms with E-state index in [0.29, 0.717) is 5.56 Å². The van der Waals surface area contributed by atoms with Crippen molar-refractivity contribution in [2.45, 2.75) is 6.92 Å². The van der Waals surface area contributed by atoms with E-state index >= 15 is 0 Å². The summed E-state index contributed by atoms with van der Waals surface area (Å²) in [7, 11) is 0. The average molecular weight is 371 g/mol. The van der Waals surface area contributed by atoms with Crippen molar-refractivity contribution >= 4 is 11.5 Å². The summed E-state index contributed by atoms with van der Waals surface area (Å²) < 4.78 is 0. The zero-order valence-electron chi connectivity index (χ0n) is 14.7. The van der Waals surface area contributed by atoms with Crippen molar-refractivity contribution in [1.82, 2.24) is 4.98 Å². The minimum atomic E-state index is -0.816. The van der Waals surface area contributed by atoms with Crippen LogP contribution in [0.5, 0.6) is 0 Å². The number of nitro groups is 1. The first-order valence-corrected chi connectivity index (χ1v) is 8.09. The molecule has 28 heavy (non-hydrogen) atoms. The van der Waals surface area contributed by atoms with E-state index in [-0.39, 0.29) is 28.2 Å². The third kappa shape index (κ3) is 3.06. The van der Waals surface area contributed by atoms with Crippen LogP contribution in [0.25, 0.3) is 22.3 Å². The fourth-order valence-electron chi connectivity index (χ4n) is 2.93. The third-order valence-electron chi connectivity index (χ3n) is 4.32. The summed E-state index contributed by atoms with van der Waals surface area (Å²) in [6.07, 6.45) is 0. The molecule has 0 amide bonds. The van der Waals surface area contributed by atoms with E-state index in [1.165, 1.54) is 12.1 Å². The van der Waals surface area contributed by atoms with E-state index < -0.39 is 16.0 Å². The molecule has 136 valence electrons. The topological polar surface area (TPSA) is 150 Å². The number of H-pyrrole nitrogens is 1. The fourth-order valence-corrected chi connectivity index (χ4v) is 2.93. The molecule has 3 aromatic rings. The van der Waals surface area contributed by atoms with Crippen molar-refractivity contribution in [3.8, 4) is 34.4 Å². The molecule has 8 heteroatoms. The number of nitro benzene ring substituents is 1. The normalized spacial score (nSPS) is 10.1. The van der Waals surface area contributed by atoms with E-state index in [2.05, 4.69) is 4.98 Å². The van der Waals surface area contributed by atoms with Gasteiger partial charge in [-0.3, -0.25) is 14.9 Å². The van der Waals surface area contributed by atoms with Gasteiger partial charge in [0.1, 0.15) is 29.1 Å². The standard InChI is InChI=1S/C20H13N5O3/c1-11-2-4-12(5-3-11)13-6-7-17(25(27)28)14(8-13)18-15(9-21)19(23)24-20(26)16(18)10-22/h2-8H,1H3,(H3,23,24,26). The van der Waals surface area contributed by atoms with Gasteiger partial charge in [-0.2, -0.15) is 10.5 Å². The molecule has 2 aromatic carbocycles. The van der Waals surface area contributed by atoms with Crippen molar-refractivity contribution in [3.05, 3.63) is 79.6 Å². The molecular weight excluding hydrogens is 358 g/mol. The molecule has 0 unspecified atom stereocenters. The highest BCUT2D eigenvalue weighted by Crippen LogP contribution is 2.37. The molecule has 1 heterocycles. The number of rotatable bonds is 3. The summed E-state index contributed by atoms with van der Waals surface area (Å²) in [4.78, 5) is 25.3. The molecule has 1 aromatic heterocycles. The maximum absolute atomic E-state index is 12.2. The predicted molar refractivity (Wildman–Crippen MR) is 103 cm³/mol. The number of hydrogen-bond acceptors (Lipinski definition) is 6. The molecule has 0 aliphatic carbocycles. The second-order valence-corrected chi connectivity index (χ2v) is 6.07. The predicted octanol–water partition coefficient (Wildman–Crippen LogP) is 3.25. The molecule has 0 aliphatic heterocycles. The van der Waals surface area contributed by atoms with E-state index in [4.69, 9.17) is 5.73 Å². The number of aryl methyl sites for hydroxylation is 1. The second kappa shape index (κ2) is 7.06. The number of nitrogens with zero attached hydrogens (tertiary/aromatic N) is 3. The van der Waals surface area contributed by atoms with E-state index in [0.717, 1.165) is 11.1 Å². The summed E-state index contributed by atoms with van der Waals surface area (Å²) in [5, 5.41) is 30.5. The molecule has 0 spiro atoms. The van der Waals surface area contributed by atoms with Crippen LogP contribution >= 0.6 is 0 Å². The van der Waals surface area contributed by atoms with Gasteiger partial charge in [-0.15, -0.1) is 0 Å². The van der Waals surface area contributed by atoms with Crippen LogP contribution in [0.1, 0.15) is 16.7 Å². The number of aromatic nitrogens is 1. The number of aromatic amines is 1. The van der Waals surface area contributed by atoms with Gasteiger partial charge in [0, 0.05) is 11.6 Å². The molecule has 0 saturated heterocycles. The smallest absolute Gasteiger partial charge is 0.277 e. The first-order valence-electron chi connectivity index (χ1n) is 8.09. The molecule has 0 saturated carbocycles. The Hall–Kier alpha value is -4.43. The lowest BCUT2D eigenvalue weighted by molar-refractivity contribution is -0.384. The van der Waals surface area contributed by atoms with Crippen LogP contribution in [0.3, 0.4) is 0 Å². The molecule has 8 nitrogen and oxygen atoms in total. The zero-order chi connectivity index (χ0) is 20.4. The van der Waals surface area contributed by atoms with Crippen LogP contribution < -0.4 is 11.3 Å². The summed E-state index contributed by atoms with van der Waals surface area (Å²) in [5.41, 5.74) is 6.27. The van der Waals surface area contributed by atoms with Gasteiger partial charge in [-0.05, 0) is 30.2 Å². The molecule has 0 bridgehead atoms. The first-order chi connectivity index (χ1) is 13.4. The SMILES string of the molecule is Cc1ccc(-c2ccc([N+](=O)[O-])c(-c3c(C#N)c(N)[nH]c(=O)c3C#N)c2)cc1. The highest BCUT2D eigenvalue weighted by Gasteiger charge is 2.25. The highest BCUT2D eigenvalue weighted by molar-refractivity contribution is 5.87. The maximum atomic E-state index is 12.2. The van der Waals surface area contributed by atoms with Crippen molar-refractivity contribution in [1.29, 1.82) is 10.5 Å². The number of hydrogen-bond donors (Lipinski definition) is 2. The van der Waals surface area contributed by atoms with Gasteiger partial charge >= 0.3 is 0 Å². The van der Waals surface area contributed by atoms with Crippen LogP contribution in [-0.4, -0.2) is 9.91 Å². The lowest BCUT2D eigenvalue weighted by Crippen LogP contribution is -2.16. The quantitative estimate of drug-likeness (QED) is 0.533. The van der Waals surface area contributed by atoms with Gasteiger partial charge in [0.05, 0.1) is 10.5 Å². The van der Waals surface area contributed by atoms with Crippen molar-refractivity contribution in [2.75, 3.05) is 5.73 Å². The van der Waals surface area contributed by atoms with Gasteiger partial charge in [0.15, 0.2) is 0 Å². The Kier molecular flexibility index (Phi) is 4.63. The van der Waals surface area contributed by atoms with E-state index in [9.17, 15) is 25.4 Å². The third-order valence-corrected chi connectivity index (χ3v) is 4.32. The van der Waals surface area contributed by atoms with Gasteiger partial charge in [-0.25, -0.2) is 0 Å². The number of nitrogens with one attached hydrogen (secondary N) is 1. The molecule has 0 aliphatic rings. The van der Waals surface area contributed by atoms with Gasteiger partial charge in [0.25, 0.3) is 11.2 Å². The molecular formula is C20H13N5O3. The summed E-state index contributed by atoms with van der Waals surface area (Å²) in [5.74, 6) is -0.253. The number of nitrogens with two attached hydrogens (primary N) is 1. The van der Waals surface area contributed by atoms with Gasteiger partial charge in [0.2, 0.25) is 0 Å². The van der Waals surface area contributed by atoms with Crippen molar-refractivity contribution < 1.29 is 4.92 Å². The summed E-state index contributed by atoms with van der Waals surface area (Å²) in [6, 6.07) is 15.4. The molecule has 0 radical (unpaired) electrons. The van der Waals surface area contributed by atoms with Crippen LogP contribution in [0.2, 0.25) is 0 Å². The van der Waals surface area contributed by atoms with Crippen LogP contribution in [-0.2, 0) is 0 Å². The van der Waals surface area contributed by atoms with Crippen LogP contribution in [0.4, 0.5) is 11.5 Å². The number of nitrogen functional groups attached to an aromatic ring is 1. The minimum Gasteiger partial charge on any atom is -0.384 e. The molecule has 3 rings (SSSR count). The Bertz CT molecular complexity index is 1250. The first kappa shape index (κ1) is 18.4. The number of anilines is 1. The fraction of sp³-hybridized carbons (Fsp3) is 0.0500. The Morgan fingerprint density at radius 1 is 1.04 bits per heavy atom. The summed E-state index contributed by atoms with van der Waals surface area (Å²) in [6.45, 7) is 1.93. The monoisotopic (exact) mass is 371 g/mol.